The molecule has 0 bridgehead atoms. The van der Waals surface area contributed by atoms with E-state index in [4.69, 9.17) is 23.2 Å². The van der Waals surface area contributed by atoms with Crippen LogP contribution in [0.25, 0.3) is 0 Å². The molecule has 0 aromatic carbocycles. The number of nitrogens with one attached hydrogen (secondary N) is 1. The predicted octanol–water partition coefficient (Wildman–Crippen LogP) is 3.59. The molecule has 0 aliphatic carbocycles. The van der Waals surface area contributed by atoms with Crippen molar-refractivity contribution in [2.45, 2.75) is 26.3 Å². The van der Waals surface area contributed by atoms with Gasteiger partial charge in [0.05, 0.1) is 0 Å². The topological polar surface area (TPSA) is 50.7 Å². The number of nitrogens with zero attached hydrogens (tertiary/aromatic N) is 3. The summed E-state index contributed by atoms with van der Waals surface area (Å²) in [5, 5.41) is 3.35. The van der Waals surface area contributed by atoms with Gasteiger partial charge in [-0.1, -0.05) is 0 Å². The third-order valence-electron chi connectivity index (χ3n) is 2.26. The van der Waals surface area contributed by atoms with Gasteiger partial charge in [0.2, 0.25) is 16.5 Å². The first-order chi connectivity index (χ1) is 8.52. The van der Waals surface area contributed by atoms with Crippen LogP contribution in [0.4, 0.5) is 5.95 Å². The van der Waals surface area contributed by atoms with Crippen LogP contribution in [0.15, 0.2) is 12.1 Å². The highest BCUT2D eigenvalue weighted by Gasteiger charge is 2.09. The molecule has 2 aromatic rings. The number of anilines is 1. The number of hydrogen-bond donors (Lipinski definition) is 1. The Kier molecular flexibility index (Phi) is 4.37. The van der Waals surface area contributed by atoms with Gasteiger partial charge in [0.15, 0.2) is 0 Å². The molecule has 2 aromatic heterocycles. The molecule has 0 spiro atoms. The number of aryl methyl sites for hydroxylation is 1. The van der Waals surface area contributed by atoms with Crippen molar-refractivity contribution in [2.75, 3.05) is 5.32 Å². The van der Waals surface area contributed by atoms with Crippen LogP contribution in [0, 0.1) is 6.92 Å². The second-order valence-electron chi connectivity index (χ2n) is 3.96. The molecule has 0 amide bonds. The van der Waals surface area contributed by atoms with Crippen molar-refractivity contribution in [3.05, 3.63) is 32.5 Å². The van der Waals surface area contributed by atoms with E-state index in [2.05, 4.69) is 46.2 Å². The largest absolute Gasteiger partial charge is 0.351 e. The Morgan fingerprint density at radius 1 is 1.22 bits per heavy atom. The Bertz CT molecular complexity index is 523. The average Bonchev–Trinajstić information content (AvgIpc) is 2.61. The fraction of sp³-hybridized carbons (Fsp3) is 0.364. The summed E-state index contributed by atoms with van der Waals surface area (Å²) in [6.07, 6.45) is 0.902. The van der Waals surface area contributed by atoms with Gasteiger partial charge in [0.1, 0.15) is 0 Å². The van der Waals surface area contributed by atoms with Crippen molar-refractivity contribution in [1.82, 2.24) is 15.0 Å². The standard InChI is InChI=1S/C11H12Cl2N4S/c1-6(5-8-4-3-7(2)18-8)14-11-16-9(12)15-10(13)17-11/h3-4,6H,5H2,1-2H3,(H,14,15,16,17). The normalized spacial score (nSPS) is 12.4. The van der Waals surface area contributed by atoms with E-state index in [9.17, 15) is 0 Å². The summed E-state index contributed by atoms with van der Waals surface area (Å²) >= 11 is 13.2. The maximum atomic E-state index is 5.71. The Morgan fingerprint density at radius 3 is 2.44 bits per heavy atom. The lowest BCUT2D eigenvalue weighted by atomic mass is 10.2. The highest BCUT2D eigenvalue weighted by molar-refractivity contribution is 7.11. The lowest BCUT2D eigenvalue weighted by Gasteiger charge is -2.12. The molecular formula is C11H12Cl2N4S. The fourth-order valence-corrected chi connectivity index (χ4v) is 2.94. The minimum Gasteiger partial charge on any atom is -0.351 e. The molecule has 2 heterocycles. The molecule has 0 radical (unpaired) electrons. The van der Waals surface area contributed by atoms with Crippen LogP contribution in [0.3, 0.4) is 0 Å². The summed E-state index contributed by atoms with van der Waals surface area (Å²) in [6.45, 7) is 4.15. The van der Waals surface area contributed by atoms with Crippen LogP contribution < -0.4 is 5.32 Å². The van der Waals surface area contributed by atoms with Gasteiger partial charge < -0.3 is 5.32 Å². The average molecular weight is 303 g/mol. The molecule has 4 nitrogen and oxygen atoms in total. The molecular weight excluding hydrogens is 291 g/mol. The lowest BCUT2D eigenvalue weighted by Crippen LogP contribution is -2.19. The molecule has 0 fully saturated rings. The molecule has 0 aliphatic rings. The van der Waals surface area contributed by atoms with Crippen molar-refractivity contribution < 1.29 is 0 Å². The number of rotatable bonds is 4. The van der Waals surface area contributed by atoms with E-state index < -0.39 is 0 Å². The summed E-state index contributed by atoms with van der Waals surface area (Å²) in [5.41, 5.74) is 0. The Labute approximate surface area is 119 Å². The van der Waals surface area contributed by atoms with Crippen LogP contribution in [0.5, 0.6) is 0 Å². The smallest absolute Gasteiger partial charge is 0.228 e. The summed E-state index contributed by atoms with van der Waals surface area (Å²) in [4.78, 5) is 14.3. The fourth-order valence-electron chi connectivity index (χ4n) is 1.56. The van der Waals surface area contributed by atoms with Gasteiger partial charge in [-0.05, 0) is 49.2 Å². The van der Waals surface area contributed by atoms with E-state index in [-0.39, 0.29) is 16.6 Å². The predicted molar refractivity (Wildman–Crippen MR) is 75.7 cm³/mol. The van der Waals surface area contributed by atoms with Crippen molar-refractivity contribution >= 4 is 40.5 Å². The van der Waals surface area contributed by atoms with E-state index in [1.165, 1.54) is 9.75 Å². The maximum Gasteiger partial charge on any atom is 0.228 e. The SMILES string of the molecule is Cc1ccc(CC(C)Nc2nc(Cl)nc(Cl)n2)s1. The van der Waals surface area contributed by atoms with Crippen LogP contribution >= 0.6 is 34.5 Å². The molecule has 96 valence electrons. The van der Waals surface area contributed by atoms with Gasteiger partial charge in [-0.25, -0.2) is 0 Å². The van der Waals surface area contributed by atoms with Crippen molar-refractivity contribution in [1.29, 1.82) is 0 Å². The Morgan fingerprint density at radius 2 is 1.89 bits per heavy atom. The number of halogens is 2. The van der Waals surface area contributed by atoms with Gasteiger partial charge in [-0.2, -0.15) is 15.0 Å². The molecule has 1 unspecified atom stereocenters. The highest BCUT2D eigenvalue weighted by atomic mass is 35.5. The maximum absolute atomic E-state index is 5.71. The zero-order valence-corrected chi connectivity index (χ0v) is 12.3. The summed E-state index contributed by atoms with van der Waals surface area (Å²) < 4.78 is 0. The minimum atomic E-state index is 0.0941. The van der Waals surface area contributed by atoms with E-state index in [0.29, 0.717) is 5.95 Å². The van der Waals surface area contributed by atoms with Gasteiger partial charge >= 0.3 is 0 Å². The number of hydrogen-bond acceptors (Lipinski definition) is 5. The monoisotopic (exact) mass is 302 g/mol. The lowest BCUT2D eigenvalue weighted by molar-refractivity contribution is 0.783. The summed E-state index contributed by atoms with van der Waals surface area (Å²) in [5.74, 6) is 0.403. The van der Waals surface area contributed by atoms with Crippen molar-refractivity contribution in [2.24, 2.45) is 0 Å². The third kappa shape index (κ3) is 3.80. The molecule has 0 saturated carbocycles. The van der Waals surface area contributed by atoms with Gasteiger partial charge in [0.25, 0.3) is 0 Å². The Hall–Kier alpha value is -0.910. The minimum absolute atomic E-state index is 0.0941. The first kappa shape index (κ1) is 13.5. The molecule has 0 saturated heterocycles. The van der Waals surface area contributed by atoms with E-state index in [0.717, 1.165) is 6.42 Å². The van der Waals surface area contributed by atoms with Gasteiger partial charge in [-0.3, -0.25) is 0 Å². The van der Waals surface area contributed by atoms with Crippen LogP contribution in [-0.2, 0) is 6.42 Å². The highest BCUT2D eigenvalue weighted by Crippen LogP contribution is 2.18. The first-order valence-corrected chi connectivity index (χ1v) is 6.99. The van der Waals surface area contributed by atoms with Gasteiger partial charge in [0, 0.05) is 22.2 Å². The molecule has 2 rings (SSSR count). The van der Waals surface area contributed by atoms with Crippen LogP contribution in [0.2, 0.25) is 10.6 Å². The third-order valence-corrected chi connectivity index (χ3v) is 3.62. The summed E-state index contributed by atoms with van der Waals surface area (Å²) in [6, 6.07) is 4.44. The molecule has 1 N–H and O–H groups in total. The first-order valence-electron chi connectivity index (χ1n) is 5.42. The van der Waals surface area contributed by atoms with E-state index in [1.807, 2.05) is 0 Å². The van der Waals surface area contributed by atoms with Crippen molar-refractivity contribution in [3.8, 4) is 0 Å². The molecule has 0 aliphatic heterocycles. The van der Waals surface area contributed by atoms with Gasteiger partial charge in [-0.15, -0.1) is 11.3 Å². The van der Waals surface area contributed by atoms with Crippen LogP contribution in [0.1, 0.15) is 16.7 Å². The number of thiophene rings is 1. The second kappa shape index (κ2) is 5.82. The van der Waals surface area contributed by atoms with Crippen molar-refractivity contribution in [3.63, 3.8) is 0 Å². The van der Waals surface area contributed by atoms with Crippen LogP contribution in [-0.4, -0.2) is 21.0 Å². The quantitative estimate of drug-likeness (QED) is 0.937. The second-order valence-corrected chi connectivity index (χ2v) is 6.01. The molecule has 18 heavy (non-hydrogen) atoms. The Balaban J connectivity index is 2.00. The molecule has 7 heteroatoms. The zero-order chi connectivity index (χ0) is 13.1. The van der Waals surface area contributed by atoms with E-state index >= 15 is 0 Å². The number of aromatic nitrogens is 3. The summed E-state index contributed by atoms with van der Waals surface area (Å²) in [7, 11) is 0. The van der Waals surface area contributed by atoms with E-state index in [1.54, 1.807) is 11.3 Å². The molecule has 1 atom stereocenters. The zero-order valence-electron chi connectivity index (χ0n) is 9.94.